The zero-order valence-electron chi connectivity index (χ0n) is 5.85. The molecule has 0 aliphatic carbocycles. The topological polar surface area (TPSA) is 0 Å². The summed E-state index contributed by atoms with van der Waals surface area (Å²) < 4.78 is 0. The first-order valence-corrected chi connectivity index (χ1v) is 4.71. The van der Waals surface area contributed by atoms with Gasteiger partial charge in [0.1, 0.15) is 0 Å². The highest BCUT2D eigenvalue weighted by atomic mass is 35.5. The van der Waals surface area contributed by atoms with Crippen LogP contribution in [0.1, 0.15) is 11.1 Å². The van der Waals surface area contributed by atoms with Gasteiger partial charge in [-0.1, -0.05) is 6.07 Å². The van der Waals surface area contributed by atoms with Gasteiger partial charge in [0.2, 0.25) is 0 Å². The van der Waals surface area contributed by atoms with E-state index in [1.165, 1.54) is 0 Å². The Morgan fingerprint density at radius 1 is 1.00 bits per heavy atom. The van der Waals surface area contributed by atoms with Crippen LogP contribution in [0.5, 0.6) is 0 Å². The van der Waals surface area contributed by atoms with E-state index in [4.69, 9.17) is 23.2 Å². The smallest absolute Gasteiger partial charge is 0.0474 e. The Labute approximate surface area is 81.9 Å². The average molecular weight is 207 g/mol. The fourth-order valence-electron chi connectivity index (χ4n) is 0.897. The van der Waals surface area contributed by atoms with E-state index < -0.39 is 0 Å². The summed E-state index contributed by atoms with van der Waals surface area (Å²) in [6.45, 7) is 0. The molecule has 1 aromatic carbocycles. The molecule has 0 atom stereocenters. The molecule has 0 N–H and O–H groups in total. The molecule has 0 aliphatic rings. The molecule has 0 saturated carbocycles. The first-order valence-electron chi connectivity index (χ1n) is 3.20. The van der Waals surface area contributed by atoms with E-state index in [1.807, 2.05) is 18.2 Å². The molecule has 0 nitrogen and oxygen atoms in total. The van der Waals surface area contributed by atoms with Crippen molar-refractivity contribution >= 4 is 35.8 Å². The van der Waals surface area contributed by atoms with Crippen LogP contribution in [-0.4, -0.2) is 0 Å². The van der Waals surface area contributed by atoms with Crippen molar-refractivity contribution in [2.75, 3.05) is 0 Å². The average Bonchev–Trinajstić information content (AvgIpc) is 2.03. The van der Waals surface area contributed by atoms with E-state index in [0.717, 1.165) is 16.0 Å². The molecule has 60 valence electrons. The number of hydrogen-bond donors (Lipinski definition) is 1. The van der Waals surface area contributed by atoms with Crippen molar-refractivity contribution in [2.45, 2.75) is 16.7 Å². The molecule has 0 heterocycles. The number of halogens is 2. The fraction of sp³-hybridized carbons (Fsp3) is 0.250. The predicted molar refractivity (Wildman–Crippen MR) is 52.8 cm³/mol. The van der Waals surface area contributed by atoms with Gasteiger partial charge in [-0.3, -0.25) is 0 Å². The molecule has 1 rings (SSSR count). The first-order chi connectivity index (χ1) is 5.26. The van der Waals surface area contributed by atoms with Crippen LogP contribution in [0.15, 0.2) is 23.1 Å². The summed E-state index contributed by atoms with van der Waals surface area (Å²) in [5.41, 5.74) is 2.13. The van der Waals surface area contributed by atoms with Gasteiger partial charge in [0.15, 0.2) is 0 Å². The largest absolute Gasteiger partial charge is 0.143 e. The maximum atomic E-state index is 5.65. The van der Waals surface area contributed by atoms with Crippen molar-refractivity contribution in [1.29, 1.82) is 0 Å². The van der Waals surface area contributed by atoms with E-state index in [-0.39, 0.29) is 0 Å². The van der Waals surface area contributed by atoms with Crippen molar-refractivity contribution < 1.29 is 0 Å². The normalized spacial score (nSPS) is 10.1. The Kier molecular flexibility index (Phi) is 3.57. The number of thiol groups is 1. The van der Waals surface area contributed by atoms with Gasteiger partial charge in [-0.05, 0) is 23.3 Å². The summed E-state index contributed by atoms with van der Waals surface area (Å²) in [7, 11) is 0. The molecule has 0 bridgehead atoms. The number of rotatable bonds is 2. The van der Waals surface area contributed by atoms with E-state index in [0.29, 0.717) is 11.8 Å². The molecule has 0 amide bonds. The lowest BCUT2D eigenvalue weighted by atomic mass is 10.2. The second-order valence-corrected chi connectivity index (χ2v) is 3.33. The van der Waals surface area contributed by atoms with Crippen LogP contribution in [0.4, 0.5) is 0 Å². The molecule has 0 aliphatic heterocycles. The minimum Gasteiger partial charge on any atom is -0.143 e. The Bertz CT molecular complexity index is 226. The van der Waals surface area contributed by atoms with Crippen LogP contribution in [0.2, 0.25) is 0 Å². The molecule has 0 radical (unpaired) electrons. The van der Waals surface area contributed by atoms with Gasteiger partial charge in [-0.15, -0.1) is 35.8 Å². The van der Waals surface area contributed by atoms with Gasteiger partial charge >= 0.3 is 0 Å². The third kappa shape index (κ3) is 2.58. The molecule has 0 aromatic heterocycles. The van der Waals surface area contributed by atoms with Crippen LogP contribution < -0.4 is 0 Å². The lowest BCUT2D eigenvalue weighted by Crippen LogP contribution is -1.83. The van der Waals surface area contributed by atoms with Crippen molar-refractivity contribution in [3.8, 4) is 0 Å². The molecule has 0 fully saturated rings. The Balaban J connectivity index is 3.02. The third-order valence-corrected chi connectivity index (χ3v) is 2.22. The lowest BCUT2D eigenvalue weighted by Gasteiger charge is -2.00. The van der Waals surface area contributed by atoms with Gasteiger partial charge in [-0.25, -0.2) is 0 Å². The van der Waals surface area contributed by atoms with Crippen molar-refractivity contribution in [2.24, 2.45) is 0 Å². The molecule has 0 saturated heterocycles. The molecule has 1 aromatic rings. The highest BCUT2D eigenvalue weighted by Gasteiger charge is 1.96. The maximum Gasteiger partial charge on any atom is 0.0474 e. The number of alkyl halides is 2. The van der Waals surface area contributed by atoms with Gasteiger partial charge in [0.05, 0.1) is 0 Å². The lowest BCUT2D eigenvalue weighted by molar-refractivity contribution is 1.25. The zero-order valence-corrected chi connectivity index (χ0v) is 8.26. The van der Waals surface area contributed by atoms with E-state index in [2.05, 4.69) is 12.6 Å². The Hall–Kier alpha value is 0.150. The van der Waals surface area contributed by atoms with E-state index in [1.54, 1.807) is 0 Å². The highest BCUT2D eigenvalue weighted by Crippen LogP contribution is 2.16. The molecule has 0 spiro atoms. The Morgan fingerprint density at radius 2 is 1.45 bits per heavy atom. The third-order valence-electron chi connectivity index (χ3n) is 1.35. The van der Waals surface area contributed by atoms with Gasteiger partial charge in [0, 0.05) is 16.7 Å². The first kappa shape index (κ1) is 9.24. The fourth-order valence-corrected chi connectivity index (χ4v) is 1.54. The summed E-state index contributed by atoms with van der Waals surface area (Å²) in [4.78, 5) is 0.916. The second kappa shape index (κ2) is 4.24. The molecule has 11 heavy (non-hydrogen) atoms. The molecular weight excluding hydrogens is 199 g/mol. The van der Waals surface area contributed by atoms with Gasteiger partial charge < -0.3 is 0 Å². The molecular formula is C8H8Cl2S. The van der Waals surface area contributed by atoms with Crippen LogP contribution >= 0.6 is 35.8 Å². The van der Waals surface area contributed by atoms with Crippen LogP contribution in [0.25, 0.3) is 0 Å². The summed E-state index contributed by atoms with van der Waals surface area (Å²) in [5, 5.41) is 0. The van der Waals surface area contributed by atoms with E-state index >= 15 is 0 Å². The van der Waals surface area contributed by atoms with Crippen molar-refractivity contribution in [1.82, 2.24) is 0 Å². The van der Waals surface area contributed by atoms with Crippen molar-refractivity contribution in [3.05, 3.63) is 29.3 Å². The standard InChI is InChI=1S/C8H8Cl2S/c9-4-6-1-7(5-10)3-8(11)2-6/h1-3,11H,4-5H2. The number of hydrogen-bond acceptors (Lipinski definition) is 1. The number of benzene rings is 1. The molecule has 0 unspecified atom stereocenters. The maximum absolute atomic E-state index is 5.65. The minimum atomic E-state index is 0.512. The Morgan fingerprint density at radius 3 is 1.82 bits per heavy atom. The summed E-state index contributed by atoms with van der Waals surface area (Å²) >= 11 is 15.5. The molecule has 3 heteroatoms. The predicted octanol–water partition coefficient (Wildman–Crippen LogP) is 3.45. The summed E-state index contributed by atoms with van der Waals surface area (Å²) in [5.74, 6) is 1.02. The minimum absolute atomic E-state index is 0.512. The summed E-state index contributed by atoms with van der Waals surface area (Å²) in [6.07, 6.45) is 0. The highest BCUT2D eigenvalue weighted by molar-refractivity contribution is 7.80. The van der Waals surface area contributed by atoms with Gasteiger partial charge in [0.25, 0.3) is 0 Å². The zero-order chi connectivity index (χ0) is 8.27. The second-order valence-electron chi connectivity index (χ2n) is 2.27. The SMILES string of the molecule is Sc1cc(CCl)cc(CCl)c1. The van der Waals surface area contributed by atoms with Crippen LogP contribution in [0.3, 0.4) is 0 Å². The van der Waals surface area contributed by atoms with Crippen LogP contribution in [0, 0.1) is 0 Å². The monoisotopic (exact) mass is 206 g/mol. The van der Waals surface area contributed by atoms with E-state index in [9.17, 15) is 0 Å². The summed E-state index contributed by atoms with van der Waals surface area (Å²) in [6, 6.07) is 5.86. The van der Waals surface area contributed by atoms with Crippen LogP contribution in [-0.2, 0) is 11.8 Å². The quantitative estimate of drug-likeness (QED) is 0.557. The van der Waals surface area contributed by atoms with Gasteiger partial charge in [-0.2, -0.15) is 0 Å². The van der Waals surface area contributed by atoms with Crippen molar-refractivity contribution in [3.63, 3.8) is 0 Å².